The zero-order valence-corrected chi connectivity index (χ0v) is 28.5. The minimum absolute atomic E-state index is 0.00914. The van der Waals surface area contributed by atoms with Crippen molar-refractivity contribution in [2.75, 3.05) is 6.61 Å². The maximum atomic E-state index is 12.5. The predicted octanol–water partition coefficient (Wildman–Crippen LogP) is 3.19. The lowest BCUT2D eigenvalue weighted by Gasteiger charge is -2.64. The Balaban J connectivity index is 1.23. The molecule has 0 unspecified atom stereocenters. The number of hydrogen-bond acceptors (Lipinski definition) is 9. The van der Waals surface area contributed by atoms with Crippen LogP contribution in [0.2, 0.25) is 0 Å². The highest BCUT2D eigenvalue weighted by atomic mass is 16.7. The van der Waals surface area contributed by atoms with E-state index < -0.39 is 54.9 Å². The van der Waals surface area contributed by atoms with E-state index >= 15 is 0 Å². The van der Waals surface area contributed by atoms with Crippen LogP contribution >= 0.6 is 0 Å². The number of ether oxygens (including phenoxy) is 2. The summed E-state index contributed by atoms with van der Waals surface area (Å²) < 4.78 is 12.2. The van der Waals surface area contributed by atoms with Crippen LogP contribution in [0.4, 0.5) is 0 Å². The van der Waals surface area contributed by atoms with E-state index in [-0.39, 0.29) is 51.3 Å². The molecule has 9 nitrogen and oxygen atoms in total. The molecule has 0 aromatic carbocycles. The number of Topliss-reactive ketones (excluding diaryl/α,β-unsaturated/α-hetero) is 1. The van der Waals surface area contributed by atoms with Crippen LogP contribution in [0.5, 0.6) is 0 Å². The van der Waals surface area contributed by atoms with Gasteiger partial charge in [0.2, 0.25) is 0 Å². The third-order valence-electron chi connectivity index (χ3n) is 15.4. The van der Waals surface area contributed by atoms with Crippen LogP contribution in [0.3, 0.4) is 0 Å². The molecule has 0 bridgehead atoms. The fraction of sp³-hybridized carbons (Fsp3) is 0.972. The lowest BCUT2D eigenvalue weighted by atomic mass is 9.41. The zero-order valence-electron chi connectivity index (χ0n) is 28.5. The molecular formula is C36H60O9. The van der Waals surface area contributed by atoms with Crippen molar-refractivity contribution in [3.63, 3.8) is 0 Å². The van der Waals surface area contributed by atoms with E-state index in [0.717, 1.165) is 44.9 Å². The monoisotopic (exact) mass is 636 g/mol. The van der Waals surface area contributed by atoms with Gasteiger partial charge in [-0.25, -0.2) is 0 Å². The Bertz CT molecular complexity index is 1140. The van der Waals surface area contributed by atoms with Crippen molar-refractivity contribution in [1.82, 2.24) is 0 Å². The fourth-order valence-electron chi connectivity index (χ4n) is 12.9. The highest BCUT2D eigenvalue weighted by molar-refractivity contribution is 5.80. The van der Waals surface area contributed by atoms with E-state index in [0.29, 0.717) is 24.7 Å². The van der Waals surface area contributed by atoms with E-state index in [2.05, 4.69) is 34.6 Å². The summed E-state index contributed by atoms with van der Waals surface area (Å²) in [5.41, 5.74) is -0.822. The lowest BCUT2D eigenvalue weighted by molar-refractivity contribution is -0.326. The van der Waals surface area contributed by atoms with Gasteiger partial charge in [0.15, 0.2) is 6.29 Å². The van der Waals surface area contributed by atoms with Crippen LogP contribution in [-0.2, 0) is 14.3 Å². The number of carbonyl (C=O) groups is 1. The first-order valence-electron chi connectivity index (χ1n) is 17.8. The van der Waals surface area contributed by atoms with Gasteiger partial charge >= 0.3 is 0 Å². The van der Waals surface area contributed by atoms with Gasteiger partial charge in [0, 0.05) is 17.8 Å². The Morgan fingerprint density at radius 2 is 1.56 bits per heavy atom. The van der Waals surface area contributed by atoms with Crippen molar-refractivity contribution < 1.29 is 44.9 Å². The lowest BCUT2D eigenvalue weighted by Crippen LogP contribution is -2.63. The largest absolute Gasteiger partial charge is 0.394 e. The molecule has 0 amide bonds. The SMILES string of the molecule is CC(C)C(=O)CC[C@@H](C)[C@H]1[C@@H](O)C[C@@]2(C)[C@@H]3CC[C@H]4C(C)(C)[C@@H](O[C@@H]5O[C@H](CO)[C@@H](O)[C@H](O)[C@H]5O)CC[C@@]45C[C@@]35C[C@H](O)[C@]12C. The number of aliphatic hydroxyl groups is 6. The molecule has 0 radical (unpaired) electrons. The Labute approximate surface area is 269 Å². The molecule has 9 heteroatoms. The quantitative estimate of drug-likeness (QED) is 0.220. The molecule has 0 aromatic heterocycles. The van der Waals surface area contributed by atoms with Crippen molar-refractivity contribution in [3.05, 3.63) is 0 Å². The van der Waals surface area contributed by atoms with Crippen molar-refractivity contribution in [1.29, 1.82) is 0 Å². The molecule has 1 saturated heterocycles. The third kappa shape index (κ3) is 4.57. The summed E-state index contributed by atoms with van der Waals surface area (Å²) >= 11 is 0. The fourth-order valence-corrected chi connectivity index (χ4v) is 12.9. The van der Waals surface area contributed by atoms with Crippen LogP contribution in [0, 0.1) is 56.7 Å². The van der Waals surface area contributed by atoms with Gasteiger partial charge in [0.05, 0.1) is 24.9 Å². The topological polar surface area (TPSA) is 157 Å². The first-order chi connectivity index (χ1) is 20.9. The first-order valence-corrected chi connectivity index (χ1v) is 17.8. The van der Waals surface area contributed by atoms with Gasteiger partial charge in [-0.15, -0.1) is 0 Å². The molecule has 1 aliphatic heterocycles. The van der Waals surface area contributed by atoms with E-state index in [9.17, 15) is 35.4 Å². The molecule has 45 heavy (non-hydrogen) atoms. The molecular weight excluding hydrogens is 576 g/mol. The molecule has 1 heterocycles. The number of carbonyl (C=O) groups excluding carboxylic acids is 1. The molecule has 6 N–H and O–H groups in total. The second-order valence-electron chi connectivity index (χ2n) is 17.7. The summed E-state index contributed by atoms with van der Waals surface area (Å²) in [4.78, 5) is 12.5. The maximum absolute atomic E-state index is 12.5. The van der Waals surface area contributed by atoms with Gasteiger partial charge in [-0.1, -0.05) is 48.5 Å². The summed E-state index contributed by atoms with van der Waals surface area (Å²) in [5.74, 6) is 1.09. The van der Waals surface area contributed by atoms with Crippen LogP contribution in [0.25, 0.3) is 0 Å². The molecule has 5 saturated carbocycles. The summed E-state index contributed by atoms with van der Waals surface area (Å²) in [6.07, 6.45) is -0.218. The highest BCUT2D eigenvalue weighted by Crippen LogP contribution is 2.89. The van der Waals surface area contributed by atoms with Gasteiger partial charge in [-0.05, 0) is 96.7 Å². The number of ketones is 1. The maximum Gasteiger partial charge on any atom is 0.186 e. The molecule has 5 aliphatic carbocycles. The van der Waals surface area contributed by atoms with Gasteiger partial charge < -0.3 is 40.1 Å². The Morgan fingerprint density at radius 3 is 2.20 bits per heavy atom. The minimum Gasteiger partial charge on any atom is -0.394 e. The molecule has 6 aliphatic rings. The molecule has 16 atom stereocenters. The average Bonchev–Trinajstić information content (AvgIpc) is 3.56. The van der Waals surface area contributed by atoms with E-state index in [1.54, 1.807) is 0 Å². The van der Waals surface area contributed by atoms with E-state index in [1.165, 1.54) is 0 Å². The molecule has 2 spiro atoms. The average molecular weight is 637 g/mol. The van der Waals surface area contributed by atoms with Crippen LogP contribution < -0.4 is 0 Å². The second-order valence-corrected chi connectivity index (χ2v) is 17.7. The smallest absolute Gasteiger partial charge is 0.186 e. The predicted molar refractivity (Wildman–Crippen MR) is 167 cm³/mol. The zero-order chi connectivity index (χ0) is 33.1. The minimum atomic E-state index is -1.47. The van der Waals surface area contributed by atoms with Crippen LogP contribution in [0.1, 0.15) is 106 Å². The van der Waals surface area contributed by atoms with Crippen molar-refractivity contribution in [2.24, 2.45) is 56.7 Å². The Kier molecular flexibility index (Phi) is 8.51. The van der Waals surface area contributed by atoms with Crippen molar-refractivity contribution in [2.45, 2.75) is 155 Å². The van der Waals surface area contributed by atoms with Gasteiger partial charge in [-0.2, -0.15) is 0 Å². The molecule has 6 fully saturated rings. The second kappa shape index (κ2) is 11.2. The summed E-state index contributed by atoms with van der Waals surface area (Å²) in [6.45, 7) is 14.6. The van der Waals surface area contributed by atoms with Crippen LogP contribution in [0.15, 0.2) is 0 Å². The molecule has 6 rings (SSSR count). The summed E-state index contributed by atoms with van der Waals surface area (Å²) in [5, 5.41) is 64.9. The number of fused-ring (bicyclic) bond motifs is 2. The summed E-state index contributed by atoms with van der Waals surface area (Å²) in [6, 6.07) is 0. The van der Waals surface area contributed by atoms with Gasteiger partial charge in [0.1, 0.15) is 30.2 Å². The summed E-state index contributed by atoms with van der Waals surface area (Å²) in [7, 11) is 0. The standard InChI is InChI=1S/C36H60O9/c1-18(2)20(38)9-8-19(3)27-21(39)14-33(6)24-11-10-23-32(4,5)26(45-31-30(43)29(42)28(41)22(16-37)44-31)12-13-35(23)17-36(24,35)15-25(40)34(27,33)7/h18-19,21-31,37,39-43H,8-17H2,1-7H3/t19-,21+,22-,23+,24+,25+,26+,27+,28-,29+,30-,31+,33+,34-,35-,36+/m1/s1. The number of aliphatic hydroxyl groups excluding tert-OH is 6. The number of hydrogen-bond donors (Lipinski definition) is 6. The van der Waals surface area contributed by atoms with E-state index in [4.69, 9.17) is 9.47 Å². The van der Waals surface area contributed by atoms with Crippen LogP contribution in [-0.4, -0.2) is 92.0 Å². The normalized spacial score (nSPS) is 54.0. The number of rotatable bonds is 8. The molecule has 258 valence electrons. The van der Waals surface area contributed by atoms with Gasteiger partial charge in [-0.3, -0.25) is 4.79 Å². The van der Waals surface area contributed by atoms with Gasteiger partial charge in [0.25, 0.3) is 0 Å². The van der Waals surface area contributed by atoms with Crippen molar-refractivity contribution >= 4 is 5.78 Å². The highest BCUT2D eigenvalue weighted by Gasteiger charge is 2.84. The Hall–Kier alpha value is -0.650. The van der Waals surface area contributed by atoms with Crippen molar-refractivity contribution in [3.8, 4) is 0 Å². The first kappa shape index (κ1) is 34.2. The van der Waals surface area contributed by atoms with E-state index in [1.807, 2.05) is 13.8 Å². The third-order valence-corrected chi connectivity index (χ3v) is 15.4. The Morgan fingerprint density at radius 1 is 0.889 bits per heavy atom. The molecule has 0 aromatic rings.